The van der Waals surface area contributed by atoms with Gasteiger partial charge in [-0.25, -0.2) is 0 Å². The van der Waals surface area contributed by atoms with Crippen molar-refractivity contribution in [3.05, 3.63) is 28.8 Å². The minimum atomic E-state index is 0.603. The summed E-state index contributed by atoms with van der Waals surface area (Å²) in [6.07, 6.45) is 2.73. The maximum atomic E-state index is 8.72. The highest BCUT2D eigenvalue weighted by molar-refractivity contribution is 6.33. The Hall–Kier alpha value is -1.20. The molecule has 1 aliphatic rings. The van der Waals surface area contributed by atoms with E-state index < -0.39 is 0 Å². The Morgan fingerprint density at radius 2 is 2.31 bits per heavy atom. The lowest BCUT2D eigenvalue weighted by Crippen LogP contribution is -2.13. The van der Waals surface area contributed by atoms with Crippen LogP contribution in [0.25, 0.3) is 0 Å². The van der Waals surface area contributed by atoms with Crippen molar-refractivity contribution < 1.29 is 0 Å². The Morgan fingerprint density at radius 1 is 1.56 bits per heavy atom. The fraction of sp³-hybridized carbons (Fsp3) is 0.462. The lowest BCUT2D eigenvalue weighted by molar-refractivity contribution is 0.536. The first-order valence-electron chi connectivity index (χ1n) is 5.64. The number of halogens is 1. The summed E-state index contributed by atoms with van der Waals surface area (Å²) >= 11 is 6.07. The molecule has 84 valence electrons. The molecule has 2 rings (SSSR count). The summed E-state index contributed by atoms with van der Waals surface area (Å²) in [7, 11) is 0. The van der Waals surface area contributed by atoms with Gasteiger partial charge in [-0.2, -0.15) is 5.26 Å². The molecule has 2 nitrogen and oxygen atoms in total. The van der Waals surface area contributed by atoms with E-state index in [0.29, 0.717) is 16.5 Å². The van der Waals surface area contributed by atoms with E-state index in [2.05, 4.69) is 18.3 Å². The lowest BCUT2D eigenvalue weighted by atomic mass is 10.1. The van der Waals surface area contributed by atoms with Gasteiger partial charge in [0.25, 0.3) is 0 Å². The molecule has 1 fully saturated rings. The first-order chi connectivity index (χ1) is 7.70. The predicted octanol–water partition coefficient (Wildman–Crippen LogP) is 3.67. The molecule has 3 heteroatoms. The molecule has 0 aromatic heterocycles. The predicted molar refractivity (Wildman–Crippen MR) is 66.5 cm³/mol. The molecule has 1 atom stereocenters. The highest BCUT2D eigenvalue weighted by Gasteiger charge is 2.27. The summed E-state index contributed by atoms with van der Waals surface area (Å²) in [5.74, 6) is 1.59. The Labute approximate surface area is 101 Å². The molecule has 1 unspecified atom stereocenters. The summed E-state index contributed by atoms with van der Waals surface area (Å²) in [6, 6.07) is 7.44. The van der Waals surface area contributed by atoms with E-state index in [1.54, 1.807) is 12.1 Å². The summed E-state index contributed by atoms with van der Waals surface area (Å²) in [5, 5.41) is 12.7. The SMILES string of the molecule is CC(CNc1ccc(C#N)cc1Cl)C1CC1. The van der Waals surface area contributed by atoms with Crippen LogP contribution in [0.4, 0.5) is 5.69 Å². The molecule has 0 spiro atoms. The van der Waals surface area contributed by atoms with Crippen molar-refractivity contribution in [3.8, 4) is 6.07 Å². The van der Waals surface area contributed by atoms with Gasteiger partial charge >= 0.3 is 0 Å². The number of nitriles is 1. The van der Waals surface area contributed by atoms with Crippen LogP contribution in [0.1, 0.15) is 25.3 Å². The average Bonchev–Trinajstić information content (AvgIpc) is 3.10. The van der Waals surface area contributed by atoms with Crippen molar-refractivity contribution in [3.63, 3.8) is 0 Å². The van der Waals surface area contributed by atoms with Gasteiger partial charge in [-0.05, 0) is 42.9 Å². The van der Waals surface area contributed by atoms with Crippen LogP contribution in [0.15, 0.2) is 18.2 Å². The van der Waals surface area contributed by atoms with Gasteiger partial charge in [-0.3, -0.25) is 0 Å². The van der Waals surface area contributed by atoms with Crippen LogP contribution in [0.5, 0.6) is 0 Å². The molecule has 1 saturated carbocycles. The van der Waals surface area contributed by atoms with Crippen LogP contribution in [-0.2, 0) is 0 Å². The Balaban J connectivity index is 1.96. The Kier molecular flexibility index (Phi) is 3.36. The number of nitrogens with one attached hydrogen (secondary N) is 1. The standard InChI is InChI=1S/C13H15ClN2/c1-9(11-3-4-11)8-16-13-5-2-10(7-15)6-12(13)14/h2,5-6,9,11,16H,3-4,8H2,1H3. The molecular weight excluding hydrogens is 220 g/mol. The van der Waals surface area contributed by atoms with Crippen LogP contribution in [0.3, 0.4) is 0 Å². The lowest BCUT2D eigenvalue weighted by Gasteiger charge is -2.13. The van der Waals surface area contributed by atoms with Gasteiger partial charge in [0, 0.05) is 6.54 Å². The molecule has 1 N–H and O–H groups in total. The minimum absolute atomic E-state index is 0.603. The molecule has 1 aromatic carbocycles. The number of hydrogen-bond acceptors (Lipinski definition) is 2. The topological polar surface area (TPSA) is 35.8 Å². The molecule has 0 bridgehead atoms. The zero-order valence-electron chi connectivity index (χ0n) is 9.33. The van der Waals surface area contributed by atoms with E-state index in [4.69, 9.17) is 16.9 Å². The van der Waals surface area contributed by atoms with E-state index in [9.17, 15) is 0 Å². The number of anilines is 1. The van der Waals surface area contributed by atoms with Gasteiger partial charge in [0.05, 0.1) is 22.3 Å². The summed E-state index contributed by atoms with van der Waals surface area (Å²) in [5.41, 5.74) is 1.53. The quantitative estimate of drug-likeness (QED) is 0.863. The molecule has 0 amide bonds. The highest BCUT2D eigenvalue weighted by Crippen LogP contribution is 2.36. The van der Waals surface area contributed by atoms with Gasteiger partial charge in [-0.1, -0.05) is 18.5 Å². The molecule has 16 heavy (non-hydrogen) atoms. The van der Waals surface area contributed by atoms with Crippen molar-refractivity contribution in [2.75, 3.05) is 11.9 Å². The second-order valence-corrected chi connectivity index (χ2v) is 4.91. The number of rotatable bonds is 4. The highest BCUT2D eigenvalue weighted by atomic mass is 35.5. The normalized spacial score (nSPS) is 16.6. The number of nitrogens with zero attached hydrogens (tertiary/aromatic N) is 1. The first-order valence-corrected chi connectivity index (χ1v) is 6.02. The van der Waals surface area contributed by atoms with Crippen molar-refractivity contribution in [1.82, 2.24) is 0 Å². The average molecular weight is 235 g/mol. The summed E-state index contributed by atoms with van der Waals surface area (Å²) < 4.78 is 0. The second-order valence-electron chi connectivity index (χ2n) is 4.50. The fourth-order valence-corrected chi connectivity index (χ4v) is 2.08. The zero-order chi connectivity index (χ0) is 11.5. The molecular formula is C13H15ClN2. The smallest absolute Gasteiger partial charge is 0.0992 e. The van der Waals surface area contributed by atoms with E-state index >= 15 is 0 Å². The van der Waals surface area contributed by atoms with E-state index in [-0.39, 0.29) is 0 Å². The summed E-state index contributed by atoms with van der Waals surface area (Å²) in [6.45, 7) is 3.22. The van der Waals surface area contributed by atoms with Crippen molar-refractivity contribution >= 4 is 17.3 Å². The maximum absolute atomic E-state index is 8.72. The minimum Gasteiger partial charge on any atom is -0.384 e. The number of hydrogen-bond donors (Lipinski definition) is 1. The van der Waals surface area contributed by atoms with E-state index in [1.165, 1.54) is 12.8 Å². The van der Waals surface area contributed by atoms with Gasteiger partial charge in [0.15, 0.2) is 0 Å². The molecule has 0 saturated heterocycles. The van der Waals surface area contributed by atoms with Crippen molar-refractivity contribution in [1.29, 1.82) is 5.26 Å². The third-order valence-corrected chi connectivity index (χ3v) is 3.45. The molecule has 1 aromatic rings. The zero-order valence-corrected chi connectivity index (χ0v) is 10.1. The molecule has 1 aliphatic carbocycles. The molecule has 0 radical (unpaired) electrons. The summed E-state index contributed by atoms with van der Waals surface area (Å²) in [4.78, 5) is 0. The Bertz CT molecular complexity index is 418. The number of benzene rings is 1. The largest absolute Gasteiger partial charge is 0.384 e. The second kappa shape index (κ2) is 4.76. The third kappa shape index (κ3) is 2.68. The van der Waals surface area contributed by atoms with E-state index in [1.807, 2.05) is 6.07 Å². The van der Waals surface area contributed by atoms with E-state index in [0.717, 1.165) is 18.2 Å². The van der Waals surface area contributed by atoms with Crippen LogP contribution >= 0.6 is 11.6 Å². The maximum Gasteiger partial charge on any atom is 0.0992 e. The first kappa shape index (κ1) is 11.3. The van der Waals surface area contributed by atoms with Crippen LogP contribution in [0.2, 0.25) is 5.02 Å². The Morgan fingerprint density at radius 3 is 2.88 bits per heavy atom. The van der Waals surface area contributed by atoms with Crippen LogP contribution in [-0.4, -0.2) is 6.54 Å². The van der Waals surface area contributed by atoms with Crippen molar-refractivity contribution in [2.24, 2.45) is 11.8 Å². The van der Waals surface area contributed by atoms with Crippen LogP contribution in [0, 0.1) is 23.2 Å². The van der Waals surface area contributed by atoms with Gasteiger partial charge in [0.2, 0.25) is 0 Å². The molecule has 0 heterocycles. The monoisotopic (exact) mass is 234 g/mol. The van der Waals surface area contributed by atoms with Gasteiger partial charge < -0.3 is 5.32 Å². The van der Waals surface area contributed by atoms with Crippen molar-refractivity contribution in [2.45, 2.75) is 19.8 Å². The third-order valence-electron chi connectivity index (χ3n) is 3.14. The van der Waals surface area contributed by atoms with Gasteiger partial charge in [0.1, 0.15) is 0 Å². The fourth-order valence-electron chi connectivity index (χ4n) is 1.83. The molecule has 0 aliphatic heterocycles. The van der Waals surface area contributed by atoms with Gasteiger partial charge in [-0.15, -0.1) is 0 Å². The van der Waals surface area contributed by atoms with Crippen LogP contribution < -0.4 is 5.32 Å².